The van der Waals surface area contributed by atoms with Crippen LogP contribution in [0.2, 0.25) is 0 Å². The van der Waals surface area contributed by atoms with Crippen LogP contribution in [-0.4, -0.2) is 0 Å². The van der Waals surface area contributed by atoms with Crippen molar-refractivity contribution in [2.75, 3.05) is 4.90 Å². The summed E-state index contributed by atoms with van der Waals surface area (Å²) < 4.78 is 6.51. The molecule has 0 spiro atoms. The van der Waals surface area contributed by atoms with Gasteiger partial charge in [0, 0.05) is 33.4 Å². The van der Waals surface area contributed by atoms with Gasteiger partial charge in [0.25, 0.3) is 0 Å². The number of furan rings is 1. The fourth-order valence-electron chi connectivity index (χ4n) is 10.3. The van der Waals surface area contributed by atoms with Crippen molar-refractivity contribution in [2.24, 2.45) is 0 Å². The molecule has 0 saturated carbocycles. The van der Waals surface area contributed by atoms with Crippen molar-refractivity contribution in [1.82, 2.24) is 0 Å². The van der Waals surface area contributed by atoms with Gasteiger partial charge in [0.2, 0.25) is 0 Å². The highest BCUT2D eigenvalue weighted by Crippen LogP contribution is 2.44. The van der Waals surface area contributed by atoms with Gasteiger partial charge < -0.3 is 9.32 Å². The summed E-state index contributed by atoms with van der Waals surface area (Å²) in [6.45, 7) is 0. The number of hydrogen-bond acceptors (Lipinski definition) is 2. The minimum absolute atomic E-state index is 0.909. The van der Waals surface area contributed by atoms with Crippen LogP contribution in [0.4, 0.5) is 17.1 Å². The van der Waals surface area contributed by atoms with Gasteiger partial charge in [0.1, 0.15) is 11.2 Å². The van der Waals surface area contributed by atoms with E-state index >= 15 is 0 Å². The molecule has 13 aromatic rings. The quantitative estimate of drug-likeness (QED) is 0.142. The maximum absolute atomic E-state index is 6.51. The summed E-state index contributed by atoms with van der Waals surface area (Å²) in [6, 6.07) is 94.4. The monoisotopic (exact) mass is 865 g/mol. The van der Waals surface area contributed by atoms with Crippen LogP contribution in [-0.2, 0) is 0 Å². The number of fused-ring (bicyclic) bond motifs is 9. The fourth-order valence-corrected chi connectivity index (χ4v) is 10.3. The van der Waals surface area contributed by atoms with Gasteiger partial charge >= 0.3 is 0 Å². The van der Waals surface area contributed by atoms with Gasteiger partial charge in [0.05, 0.1) is 0 Å². The van der Waals surface area contributed by atoms with E-state index in [2.05, 4.69) is 260 Å². The van der Waals surface area contributed by atoms with Gasteiger partial charge in [-0.3, -0.25) is 0 Å². The molecule has 0 aliphatic heterocycles. The normalized spacial score (nSPS) is 11.5. The highest BCUT2D eigenvalue weighted by Gasteiger charge is 2.18. The Bertz CT molecular complexity index is 3820. The summed E-state index contributed by atoms with van der Waals surface area (Å²) in [6.07, 6.45) is 0. The second kappa shape index (κ2) is 16.5. The number of hydrogen-bond donors (Lipinski definition) is 0. The largest absolute Gasteiger partial charge is 0.455 e. The van der Waals surface area contributed by atoms with Gasteiger partial charge in [-0.2, -0.15) is 0 Å². The van der Waals surface area contributed by atoms with Gasteiger partial charge in [-0.05, 0) is 131 Å². The molecular formula is C66H43NO. The molecular weight excluding hydrogens is 823 g/mol. The van der Waals surface area contributed by atoms with Crippen molar-refractivity contribution in [2.45, 2.75) is 0 Å². The van der Waals surface area contributed by atoms with Crippen LogP contribution in [0, 0.1) is 0 Å². The summed E-state index contributed by atoms with van der Waals surface area (Å²) in [7, 11) is 0. The van der Waals surface area contributed by atoms with E-state index in [0.717, 1.165) is 50.1 Å². The summed E-state index contributed by atoms with van der Waals surface area (Å²) in [4.78, 5) is 2.39. The van der Waals surface area contributed by atoms with Crippen LogP contribution >= 0.6 is 0 Å². The molecule has 0 N–H and O–H groups in total. The van der Waals surface area contributed by atoms with Crippen LogP contribution in [0.3, 0.4) is 0 Å². The SMILES string of the molecule is c1ccc(-c2ccc(-c3ccc(N(c4ccc(-c5ccc(-c6ccccc6)cc5)cc4)c4ccc5c6ccc(-c7cccc8c7oc7ccccc78)cc6c6ccccc6c5c4)cc3)cc2)cc1. The topological polar surface area (TPSA) is 16.4 Å². The summed E-state index contributed by atoms with van der Waals surface area (Å²) in [5.74, 6) is 0. The summed E-state index contributed by atoms with van der Waals surface area (Å²) in [5, 5.41) is 9.61. The highest BCUT2D eigenvalue weighted by atomic mass is 16.3. The molecule has 0 bridgehead atoms. The third-order valence-corrected chi connectivity index (χ3v) is 13.7. The third kappa shape index (κ3) is 6.90. The Morgan fingerprint density at radius 3 is 1.12 bits per heavy atom. The number of nitrogens with zero attached hydrogens (tertiary/aromatic N) is 1. The molecule has 13 rings (SSSR count). The van der Waals surface area contributed by atoms with E-state index in [4.69, 9.17) is 4.42 Å². The molecule has 2 nitrogen and oxygen atoms in total. The molecule has 0 aliphatic rings. The highest BCUT2D eigenvalue weighted by molar-refractivity contribution is 6.26. The molecule has 318 valence electrons. The van der Waals surface area contributed by atoms with E-state index in [9.17, 15) is 0 Å². The zero-order valence-electron chi connectivity index (χ0n) is 37.2. The molecule has 1 heterocycles. The summed E-state index contributed by atoms with van der Waals surface area (Å²) >= 11 is 0. The Labute approximate surface area is 395 Å². The minimum atomic E-state index is 0.909. The summed E-state index contributed by atoms with van der Waals surface area (Å²) in [5.41, 5.74) is 16.9. The zero-order chi connectivity index (χ0) is 45.0. The Morgan fingerprint density at radius 1 is 0.221 bits per heavy atom. The van der Waals surface area contributed by atoms with E-state index in [1.54, 1.807) is 0 Å². The molecule has 0 aliphatic carbocycles. The molecule has 68 heavy (non-hydrogen) atoms. The Hall–Kier alpha value is -8.98. The number of anilines is 3. The molecule has 12 aromatic carbocycles. The Morgan fingerprint density at radius 2 is 0.588 bits per heavy atom. The maximum atomic E-state index is 6.51. The first-order chi connectivity index (χ1) is 33.7. The Balaban J connectivity index is 0.913. The van der Waals surface area contributed by atoms with Crippen molar-refractivity contribution in [3.05, 3.63) is 261 Å². The standard InChI is InChI=1S/C66H43NO/c1-3-12-44(13-4-1)46-22-26-48(27-23-46)50-30-35-53(36-31-50)67(54-37-32-51(33-38-54)49-28-24-47(25-29-49)45-14-5-2-6-15-45)55-39-41-60-59-40-34-52(42-63(59)57-16-7-8-17-58(57)64(60)43-55)56-19-11-20-62-61-18-9-10-21-65(61)68-66(56)62/h1-43H. The van der Waals surface area contributed by atoms with E-state index in [0.29, 0.717) is 0 Å². The third-order valence-electron chi connectivity index (χ3n) is 13.7. The van der Waals surface area contributed by atoms with Crippen molar-refractivity contribution < 1.29 is 4.42 Å². The maximum Gasteiger partial charge on any atom is 0.143 e. The van der Waals surface area contributed by atoms with Gasteiger partial charge in [-0.1, -0.05) is 212 Å². The second-order valence-corrected chi connectivity index (χ2v) is 17.6. The number of para-hydroxylation sites is 2. The molecule has 1 aromatic heterocycles. The fraction of sp³-hybridized carbons (Fsp3) is 0. The first kappa shape index (κ1) is 39.4. The molecule has 0 saturated heterocycles. The lowest BCUT2D eigenvalue weighted by Gasteiger charge is -2.27. The van der Waals surface area contributed by atoms with E-state index in [1.165, 1.54) is 76.8 Å². The van der Waals surface area contributed by atoms with Gasteiger partial charge in [0.15, 0.2) is 0 Å². The smallest absolute Gasteiger partial charge is 0.143 e. The van der Waals surface area contributed by atoms with Gasteiger partial charge in [-0.15, -0.1) is 0 Å². The van der Waals surface area contributed by atoms with Crippen LogP contribution in [0.25, 0.3) is 110 Å². The molecule has 0 fully saturated rings. The lowest BCUT2D eigenvalue weighted by atomic mass is 9.91. The van der Waals surface area contributed by atoms with Crippen LogP contribution in [0.15, 0.2) is 265 Å². The zero-order valence-corrected chi connectivity index (χ0v) is 37.2. The van der Waals surface area contributed by atoms with Crippen molar-refractivity contribution in [1.29, 1.82) is 0 Å². The number of benzene rings is 12. The second-order valence-electron chi connectivity index (χ2n) is 17.6. The van der Waals surface area contributed by atoms with E-state index in [1.807, 2.05) is 6.07 Å². The lowest BCUT2D eigenvalue weighted by molar-refractivity contribution is 0.670. The Kier molecular flexibility index (Phi) is 9.54. The van der Waals surface area contributed by atoms with Gasteiger partial charge in [-0.25, -0.2) is 0 Å². The first-order valence-corrected chi connectivity index (χ1v) is 23.3. The molecule has 2 heteroatoms. The number of rotatable bonds is 8. The van der Waals surface area contributed by atoms with Crippen molar-refractivity contribution in [3.8, 4) is 55.6 Å². The van der Waals surface area contributed by atoms with Crippen LogP contribution in [0.1, 0.15) is 0 Å². The molecule has 0 radical (unpaired) electrons. The predicted molar refractivity (Wildman–Crippen MR) is 288 cm³/mol. The predicted octanol–water partition coefficient (Wildman–Crippen LogP) is 18.9. The van der Waals surface area contributed by atoms with Crippen molar-refractivity contribution >= 4 is 71.3 Å². The average molecular weight is 866 g/mol. The molecule has 0 unspecified atom stereocenters. The van der Waals surface area contributed by atoms with Crippen LogP contribution < -0.4 is 4.90 Å². The van der Waals surface area contributed by atoms with E-state index in [-0.39, 0.29) is 0 Å². The molecule has 0 atom stereocenters. The van der Waals surface area contributed by atoms with E-state index < -0.39 is 0 Å². The first-order valence-electron chi connectivity index (χ1n) is 23.3. The van der Waals surface area contributed by atoms with Crippen molar-refractivity contribution in [3.63, 3.8) is 0 Å². The molecule has 0 amide bonds. The van der Waals surface area contributed by atoms with Crippen LogP contribution in [0.5, 0.6) is 0 Å². The lowest BCUT2D eigenvalue weighted by Crippen LogP contribution is -2.10. The minimum Gasteiger partial charge on any atom is -0.455 e. The average Bonchev–Trinajstić information content (AvgIpc) is 3.81.